The molecular weight excluding hydrogens is 645 g/mol. The molecule has 0 aliphatic rings. The van der Waals surface area contributed by atoms with Crippen molar-refractivity contribution in [1.29, 1.82) is 0 Å². The van der Waals surface area contributed by atoms with Crippen molar-refractivity contribution in [3.05, 3.63) is 66.4 Å². The number of aliphatic carboxylic acids is 1. The number of hydrogen-bond acceptors (Lipinski definition) is 11. The van der Waals surface area contributed by atoms with Gasteiger partial charge in [-0.05, 0) is 60.9 Å². The predicted molar refractivity (Wildman–Crippen MR) is 165 cm³/mol. The third-order valence-electron chi connectivity index (χ3n) is 6.67. The highest BCUT2D eigenvalue weighted by Crippen LogP contribution is 2.36. The zero-order valence-electron chi connectivity index (χ0n) is 24.9. The predicted octanol–water partition coefficient (Wildman–Crippen LogP) is 3.63. The smallest absolute Gasteiger partial charge is 0.490 e. The normalized spacial score (nSPS) is 11.7. The van der Waals surface area contributed by atoms with Crippen LogP contribution in [0.4, 0.5) is 19.0 Å². The van der Waals surface area contributed by atoms with Gasteiger partial charge in [0.05, 0.1) is 23.4 Å². The van der Waals surface area contributed by atoms with E-state index in [0.717, 1.165) is 48.3 Å². The van der Waals surface area contributed by atoms with Crippen molar-refractivity contribution in [3.8, 4) is 28.5 Å². The number of rotatable bonds is 12. The van der Waals surface area contributed by atoms with Crippen molar-refractivity contribution >= 4 is 32.8 Å². The number of fused-ring (bicyclic) bond motifs is 1. The molecule has 2 aromatic carbocycles. The van der Waals surface area contributed by atoms with Crippen LogP contribution in [0.15, 0.2) is 70.3 Å². The molecule has 18 heteroatoms. The molecule has 0 amide bonds. The van der Waals surface area contributed by atoms with E-state index in [2.05, 4.69) is 15.6 Å². The van der Waals surface area contributed by atoms with Crippen LogP contribution in [-0.2, 0) is 27.8 Å². The lowest BCUT2D eigenvalue weighted by atomic mass is 10.1. The summed E-state index contributed by atoms with van der Waals surface area (Å²) in [6.45, 7) is 4.55. The largest absolute Gasteiger partial charge is 0.490 e. The fraction of sp³-hybridized carbons (Fsp3) is 0.276. The minimum Gasteiger partial charge on any atom is -0.490 e. The van der Waals surface area contributed by atoms with E-state index in [1.807, 2.05) is 41.8 Å². The van der Waals surface area contributed by atoms with Crippen molar-refractivity contribution in [1.82, 2.24) is 30.2 Å². The van der Waals surface area contributed by atoms with Crippen molar-refractivity contribution in [2.45, 2.75) is 37.4 Å². The summed E-state index contributed by atoms with van der Waals surface area (Å²) in [4.78, 5) is 18.6. The second kappa shape index (κ2) is 15.0. The van der Waals surface area contributed by atoms with Crippen molar-refractivity contribution < 1.29 is 40.9 Å². The van der Waals surface area contributed by atoms with Gasteiger partial charge >= 0.3 is 12.1 Å². The number of carboxylic acid groups (broad SMARTS) is 1. The molecule has 0 saturated heterocycles. The van der Waals surface area contributed by atoms with Gasteiger partial charge in [0.25, 0.3) is 0 Å². The van der Waals surface area contributed by atoms with E-state index in [4.69, 9.17) is 40.1 Å². The number of benzene rings is 2. The first-order valence-electron chi connectivity index (χ1n) is 14.1. The standard InChI is InChI=1S/C27H30N8O4S.C2HF3O2/c1-2-35-25-21(38-16-6-14-30-15-13-18-9-11-20(12-10-18)40(29,36)37)17-31-22(19-7-4-3-5-8-19)23(25)32-27(35)24-26(28)34-39-33-24;3-2(4,5)1(6)7/h3-5,7-12,17,30H,2,6,13-16H2,1H3,(H2,28,34)(H2,29,36,37);(H,6,7). The molecule has 0 aliphatic heterocycles. The van der Waals surface area contributed by atoms with Crippen LogP contribution in [0.3, 0.4) is 0 Å². The van der Waals surface area contributed by atoms with Crippen molar-refractivity contribution in [3.63, 3.8) is 0 Å². The maximum Gasteiger partial charge on any atom is 0.490 e. The van der Waals surface area contributed by atoms with Gasteiger partial charge in [0.15, 0.2) is 23.1 Å². The highest BCUT2D eigenvalue weighted by Gasteiger charge is 2.38. The van der Waals surface area contributed by atoms with Crippen molar-refractivity contribution in [2.75, 3.05) is 25.4 Å². The third-order valence-corrected chi connectivity index (χ3v) is 7.59. The summed E-state index contributed by atoms with van der Waals surface area (Å²) >= 11 is 0. The monoisotopic (exact) mass is 676 g/mol. The second-order valence-corrected chi connectivity index (χ2v) is 11.5. The molecule has 5 aromatic rings. The minimum atomic E-state index is -5.08. The first kappa shape index (κ1) is 34.8. The van der Waals surface area contributed by atoms with Gasteiger partial charge in [-0.25, -0.2) is 32.9 Å². The number of sulfonamides is 1. The van der Waals surface area contributed by atoms with Crippen LogP contribution in [0.2, 0.25) is 0 Å². The summed E-state index contributed by atoms with van der Waals surface area (Å²) in [6.07, 6.45) is -1.83. The number of nitrogens with two attached hydrogens (primary N) is 2. The number of pyridine rings is 1. The number of halogens is 3. The number of aryl methyl sites for hydroxylation is 1. The summed E-state index contributed by atoms with van der Waals surface area (Å²) in [6, 6.07) is 16.4. The van der Waals surface area contributed by atoms with Crippen LogP contribution < -0.4 is 20.9 Å². The quantitative estimate of drug-likeness (QED) is 0.139. The van der Waals surface area contributed by atoms with Crippen LogP contribution >= 0.6 is 0 Å². The van der Waals surface area contributed by atoms with Gasteiger partial charge in [-0.3, -0.25) is 0 Å². The molecule has 0 fully saturated rings. The highest BCUT2D eigenvalue weighted by molar-refractivity contribution is 7.89. The molecule has 47 heavy (non-hydrogen) atoms. The first-order valence-corrected chi connectivity index (χ1v) is 15.6. The molecule has 250 valence electrons. The topological polar surface area (TPSA) is 214 Å². The second-order valence-electron chi connectivity index (χ2n) is 9.91. The van der Waals surface area contributed by atoms with Gasteiger partial charge in [0, 0.05) is 12.1 Å². The molecule has 5 rings (SSSR count). The van der Waals surface area contributed by atoms with E-state index >= 15 is 0 Å². The van der Waals surface area contributed by atoms with Gasteiger partial charge in [0.1, 0.15) is 11.0 Å². The molecule has 0 bridgehead atoms. The number of nitrogens with one attached hydrogen (secondary N) is 1. The molecule has 0 unspecified atom stereocenters. The summed E-state index contributed by atoms with van der Waals surface area (Å²) < 4.78 is 67.5. The number of primary sulfonamides is 1. The molecule has 0 spiro atoms. The highest BCUT2D eigenvalue weighted by atomic mass is 32.2. The maximum absolute atomic E-state index is 11.4. The number of nitrogens with zero attached hydrogens (tertiary/aromatic N) is 5. The number of aromatic nitrogens is 5. The van der Waals surface area contributed by atoms with Gasteiger partial charge in [-0.15, -0.1) is 0 Å². The van der Waals surface area contributed by atoms with Crippen LogP contribution in [0.1, 0.15) is 18.9 Å². The Morgan fingerprint density at radius 1 is 1.06 bits per heavy atom. The van der Waals surface area contributed by atoms with E-state index in [9.17, 15) is 21.6 Å². The minimum absolute atomic E-state index is 0.111. The van der Waals surface area contributed by atoms with E-state index in [-0.39, 0.29) is 10.7 Å². The Kier molecular flexibility index (Phi) is 11.1. The number of ether oxygens (including phenoxy) is 1. The summed E-state index contributed by atoms with van der Waals surface area (Å²) in [5.74, 6) is -1.45. The summed E-state index contributed by atoms with van der Waals surface area (Å²) in [7, 11) is -3.68. The number of alkyl halides is 3. The van der Waals surface area contributed by atoms with Crippen molar-refractivity contribution in [2.24, 2.45) is 5.14 Å². The fourth-order valence-corrected chi connectivity index (χ4v) is 4.96. The number of hydrogen-bond donors (Lipinski definition) is 4. The van der Waals surface area contributed by atoms with E-state index < -0.39 is 22.2 Å². The number of nitrogen functional groups attached to an aromatic ring is 1. The van der Waals surface area contributed by atoms with E-state index in [0.29, 0.717) is 35.9 Å². The Morgan fingerprint density at radius 2 is 1.74 bits per heavy atom. The molecule has 0 saturated carbocycles. The summed E-state index contributed by atoms with van der Waals surface area (Å²) in [5.41, 5.74) is 10.5. The molecule has 0 atom stereocenters. The van der Waals surface area contributed by atoms with Crippen LogP contribution in [0.5, 0.6) is 5.75 Å². The van der Waals surface area contributed by atoms with E-state index in [1.165, 1.54) is 12.1 Å². The number of carbonyl (C=O) groups is 1. The molecule has 3 aromatic heterocycles. The van der Waals surface area contributed by atoms with Gasteiger partial charge < -0.3 is 25.5 Å². The zero-order valence-corrected chi connectivity index (χ0v) is 25.8. The average Bonchev–Trinajstić information content (AvgIpc) is 3.63. The molecule has 0 radical (unpaired) electrons. The molecule has 6 N–H and O–H groups in total. The number of imidazole rings is 1. The Bertz CT molecular complexity index is 1910. The van der Waals surface area contributed by atoms with Crippen LogP contribution in [0.25, 0.3) is 33.8 Å². The lowest BCUT2D eigenvalue weighted by molar-refractivity contribution is -0.192. The number of carboxylic acids is 1. The first-order chi connectivity index (χ1) is 22.3. The molecule has 0 aliphatic carbocycles. The Balaban J connectivity index is 0.000000644. The van der Waals surface area contributed by atoms with E-state index in [1.54, 1.807) is 18.3 Å². The number of anilines is 1. The van der Waals surface area contributed by atoms with Crippen LogP contribution in [-0.4, -0.2) is 70.2 Å². The fourth-order valence-electron chi connectivity index (χ4n) is 4.45. The van der Waals surface area contributed by atoms with Crippen LogP contribution in [0, 0.1) is 0 Å². The molecular formula is C29H31F3N8O6S. The zero-order chi connectivity index (χ0) is 34.2. The lowest BCUT2D eigenvalue weighted by Crippen LogP contribution is -2.21. The third kappa shape index (κ3) is 8.81. The summed E-state index contributed by atoms with van der Waals surface area (Å²) in [5, 5.41) is 23.3. The Hall–Kier alpha value is -5.07. The van der Waals surface area contributed by atoms with Gasteiger partial charge in [0.2, 0.25) is 10.0 Å². The Labute approximate surface area is 266 Å². The molecule has 14 nitrogen and oxygen atoms in total. The van der Waals surface area contributed by atoms with Gasteiger partial charge in [-0.2, -0.15) is 13.2 Å². The SMILES string of the molecule is CCn1c(-c2nonc2N)nc2c(-c3ccccc3)ncc(OCCCNCCc3ccc(S(N)(=O)=O)cc3)c21.O=C(O)C(F)(F)F. The van der Waals surface area contributed by atoms with Gasteiger partial charge in [-0.1, -0.05) is 42.5 Å². The average molecular weight is 677 g/mol. The molecule has 3 heterocycles. The lowest BCUT2D eigenvalue weighted by Gasteiger charge is -2.12. The maximum atomic E-state index is 11.4. The Morgan fingerprint density at radius 3 is 2.32 bits per heavy atom.